The number of halogens is 1. The summed E-state index contributed by atoms with van der Waals surface area (Å²) < 4.78 is 5.54. The molecule has 7 heteroatoms. The molecule has 0 heterocycles. The maximum Gasteiger partial charge on any atom is 0.269 e. The molecule has 3 N–H and O–H groups in total. The van der Waals surface area contributed by atoms with Crippen molar-refractivity contribution < 1.29 is 9.53 Å². The van der Waals surface area contributed by atoms with Gasteiger partial charge in [-0.1, -0.05) is 35.9 Å². The lowest BCUT2D eigenvalue weighted by Crippen LogP contribution is -2.47. The summed E-state index contributed by atoms with van der Waals surface area (Å²) >= 11 is 11.0. The van der Waals surface area contributed by atoms with Crippen molar-refractivity contribution in [2.24, 2.45) is 0 Å². The fraction of sp³-hybridized carbons (Fsp3) is 0.300. The van der Waals surface area contributed by atoms with Crippen molar-refractivity contribution in [2.75, 3.05) is 6.54 Å². The number of benzene rings is 2. The van der Waals surface area contributed by atoms with E-state index in [0.29, 0.717) is 28.9 Å². The summed E-state index contributed by atoms with van der Waals surface area (Å²) in [5.41, 5.74) is 8.00. The molecule has 0 spiro atoms. The molecule has 144 valence electrons. The lowest BCUT2D eigenvalue weighted by molar-refractivity contribution is 0.0656. The lowest BCUT2D eigenvalue weighted by Gasteiger charge is -2.12. The quantitative estimate of drug-likeness (QED) is 0.485. The van der Waals surface area contributed by atoms with Crippen molar-refractivity contribution in [1.29, 1.82) is 0 Å². The third kappa shape index (κ3) is 7.95. The molecular weight excluding hydrogens is 382 g/mol. The van der Waals surface area contributed by atoms with Gasteiger partial charge in [0.25, 0.3) is 5.91 Å². The molecule has 0 saturated carbocycles. The number of hydrogen-bond acceptors (Lipinski definition) is 3. The number of hydrazine groups is 1. The zero-order chi connectivity index (χ0) is 19.6. The number of rotatable bonds is 7. The summed E-state index contributed by atoms with van der Waals surface area (Å²) in [5.74, 6) is -0.256. The van der Waals surface area contributed by atoms with Crippen molar-refractivity contribution in [1.82, 2.24) is 16.2 Å². The highest BCUT2D eigenvalue weighted by Crippen LogP contribution is 2.09. The Labute approximate surface area is 170 Å². The van der Waals surface area contributed by atoms with E-state index in [1.807, 2.05) is 50.2 Å². The fourth-order valence-electron chi connectivity index (χ4n) is 2.22. The van der Waals surface area contributed by atoms with E-state index in [4.69, 9.17) is 28.6 Å². The molecule has 0 fully saturated rings. The number of nitrogens with one attached hydrogen (secondary N) is 3. The smallest absolute Gasteiger partial charge is 0.269 e. The standard InChI is InChI=1S/C20H24ClN3O2S/c1-14(2)26-13-16-3-7-17(8-4-16)19(25)23-24-20(27)22-12-11-15-5-9-18(21)10-6-15/h3-10,14H,11-13H2,1-2H3,(H,23,25)(H2,22,24,27). The molecule has 0 aliphatic carbocycles. The minimum Gasteiger partial charge on any atom is -0.374 e. The summed E-state index contributed by atoms with van der Waals surface area (Å²) in [6.07, 6.45) is 0.970. The zero-order valence-electron chi connectivity index (χ0n) is 15.4. The van der Waals surface area contributed by atoms with E-state index >= 15 is 0 Å². The second-order valence-electron chi connectivity index (χ2n) is 6.27. The molecule has 0 unspecified atom stereocenters. The Morgan fingerprint density at radius 3 is 2.30 bits per heavy atom. The monoisotopic (exact) mass is 405 g/mol. The highest BCUT2D eigenvalue weighted by Gasteiger charge is 2.06. The van der Waals surface area contributed by atoms with Crippen LogP contribution in [0, 0.1) is 0 Å². The second kappa shape index (κ2) is 10.9. The molecule has 2 rings (SSSR count). The SMILES string of the molecule is CC(C)OCc1ccc(C(=O)NNC(=S)NCCc2ccc(Cl)cc2)cc1. The van der Waals surface area contributed by atoms with Crippen molar-refractivity contribution >= 4 is 34.8 Å². The van der Waals surface area contributed by atoms with Crippen LogP contribution in [0.25, 0.3) is 0 Å². The van der Waals surface area contributed by atoms with E-state index in [9.17, 15) is 4.79 Å². The largest absolute Gasteiger partial charge is 0.374 e. The average molecular weight is 406 g/mol. The fourth-order valence-corrected chi connectivity index (χ4v) is 2.50. The Kier molecular flexibility index (Phi) is 8.51. The number of carbonyl (C=O) groups is 1. The molecule has 0 atom stereocenters. The van der Waals surface area contributed by atoms with Gasteiger partial charge in [0.1, 0.15) is 0 Å². The van der Waals surface area contributed by atoms with E-state index in [0.717, 1.165) is 17.5 Å². The Balaban J connectivity index is 1.69. The number of carbonyl (C=O) groups excluding carboxylic acids is 1. The van der Waals surface area contributed by atoms with Gasteiger partial charge in [0.2, 0.25) is 0 Å². The molecule has 2 aromatic rings. The number of hydrogen-bond donors (Lipinski definition) is 3. The van der Waals surface area contributed by atoms with Crippen molar-refractivity contribution in [2.45, 2.75) is 33.0 Å². The topological polar surface area (TPSA) is 62.4 Å². The molecule has 0 saturated heterocycles. The van der Waals surface area contributed by atoms with Crippen LogP contribution in [0.3, 0.4) is 0 Å². The first-order valence-corrected chi connectivity index (χ1v) is 9.52. The van der Waals surface area contributed by atoms with E-state index in [-0.39, 0.29) is 12.0 Å². The van der Waals surface area contributed by atoms with Gasteiger partial charge in [-0.3, -0.25) is 15.6 Å². The maximum absolute atomic E-state index is 12.1. The molecular formula is C20H24ClN3O2S. The maximum atomic E-state index is 12.1. The van der Waals surface area contributed by atoms with Crippen LogP contribution in [0.1, 0.15) is 35.3 Å². The predicted molar refractivity (Wildman–Crippen MR) is 113 cm³/mol. The van der Waals surface area contributed by atoms with Crippen LogP contribution in [-0.2, 0) is 17.8 Å². The molecule has 0 bridgehead atoms. The summed E-state index contributed by atoms with van der Waals surface area (Å²) in [7, 11) is 0. The first-order chi connectivity index (χ1) is 12.9. The van der Waals surface area contributed by atoms with Crippen LogP contribution >= 0.6 is 23.8 Å². The molecule has 27 heavy (non-hydrogen) atoms. The van der Waals surface area contributed by atoms with E-state index in [1.54, 1.807) is 12.1 Å². The highest BCUT2D eigenvalue weighted by atomic mass is 35.5. The van der Waals surface area contributed by atoms with Crippen molar-refractivity contribution in [3.8, 4) is 0 Å². The third-order valence-electron chi connectivity index (χ3n) is 3.70. The Morgan fingerprint density at radius 1 is 1.04 bits per heavy atom. The number of amides is 1. The van der Waals surface area contributed by atoms with E-state index in [1.165, 1.54) is 0 Å². The van der Waals surface area contributed by atoms with Gasteiger partial charge in [0.05, 0.1) is 12.7 Å². The van der Waals surface area contributed by atoms with Crippen LogP contribution in [0.15, 0.2) is 48.5 Å². The minimum atomic E-state index is -0.256. The molecule has 0 aromatic heterocycles. The normalized spacial score (nSPS) is 10.5. The lowest BCUT2D eigenvalue weighted by atomic mass is 10.1. The average Bonchev–Trinajstić information content (AvgIpc) is 2.66. The Bertz CT molecular complexity index is 749. The van der Waals surface area contributed by atoms with Crippen LogP contribution in [0.2, 0.25) is 5.02 Å². The van der Waals surface area contributed by atoms with Gasteiger partial charge in [0, 0.05) is 17.1 Å². The van der Waals surface area contributed by atoms with Crippen molar-refractivity contribution in [3.05, 3.63) is 70.2 Å². The summed E-state index contributed by atoms with van der Waals surface area (Å²) in [6.45, 7) is 5.15. The van der Waals surface area contributed by atoms with Crippen LogP contribution < -0.4 is 16.2 Å². The van der Waals surface area contributed by atoms with Gasteiger partial charge < -0.3 is 10.1 Å². The van der Waals surface area contributed by atoms with Gasteiger partial charge in [-0.05, 0) is 67.9 Å². The summed E-state index contributed by atoms with van der Waals surface area (Å²) in [6, 6.07) is 14.9. The van der Waals surface area contributed by atoms with Crippen molar-refractivity contribution in [3.63, 3.8) is 0 Å². The highest BCUT2D eigenvalue weighted by molar-refractivity contribution is 7.80. The Hall–Kier alpha value is -2.15. The Morgan fingerprint density at radius 2 is 1.67 bits per heavy atom. The van der Waals surface area contributed by atoms with Gasteiger partial charge in [-0.2, -0.15) is 0 Å². The van der Waals surface area contributed by atoms with Crippen LogP contribution in [0.5, 0.6) is 0 Å². The number of ether oxygens (including phenoxy) is 1. The van der Waals surface area contributed by atoms with Gasteiger partial charge in [-0.15, -0.1) is 0 Å². The van der Waals surface area contributed by atoms with Gasteiger partial charge in [0.15, 0.2) is 5.11 Å². The molecule has 0 aliphatic rings. The van der Waals surface area contributed by atoms with E-state index in [2.05, 4.69) is 16.2 Å². The zero-order valence-corrected chi connectivity index (χ0v) is 17.0. The molecule has 0 radical (unpaired) electrons. The third-order valence-corrected chi connectivity index (χ3v) is 4.20. The molecule has 2 aromatic carbocycles. The van der Waals surface area contributed by atoms with Crippen LogP contribution in [0.4, 0.5) is 0 Å². The molecule has 5 nitrogen and oxygen atoms in total. The van der Waals surface area contributed by atoms with Crippen LogP contribution in [-0.4, -0.2) is 23.7 Å². The number of thiocarbonyl (C=S) groups is 1. The van der Waals surface area contributed by atoms with Gasteiger partial charge in [-0.25, -0.2) is 0 Å². The molecule has 0 aliphatic heterocycles. The molecule has 1 amide bonds. The second-order valence-corrected chi connectivity index (χ2v) is 7.11. The first kappa shape index (κ1) is 21.2. The predicted octanol–water partition coefficient (Wildman–Crippen LogP) is 3.62. The minimum absolute atomic E-state index is 0.172. The first-order valence-electron chi connectivity index (χ1n) is 8.73. The van der Waals surface area contributed by atoms with Gasteiger partial charge >= 0.3 is 0 Å². The van der Waals surface area contributed by atoms with E-state index < -0.39 is 0 Å². The summed E-state index contributed by atoms with van der Waals surface area (Å²) in [5, 5.41) is 4.12. The summed E-state index contributed by atoms with van der Waals surface area (Å²) in [4.78, 5) is 12.1.